The minimum Gasteiger partial charge on any atom is -0.494 e. The maximum Gasteiger partial charge on any atom is 0.315 e. The molecule has 0 bridgehead atoms. The largest absolute Gasteiger partial charge is 0.494 e. The van der Waals surface area contributed by atoms with Crippen LogP contribution in [0.5, 0.6) is 5.75 Å². The lowest BCUT2D eigenvalue weighted by Crippen LogP contribution is -2.44. The number of carbonyl (C=O) groups is 1. The summed E-state index contributed by atoms with van der Waals surface area (Å²) in [5.41, 5.74) is 0.739. The van der Waals surface area contributed by atoms with Gasteiger partial charge in [-0.2, -0.15) is 0 Å². The zero-order valence-corrected chi connectivity index (χ0v) is 14.1. The Morgan fingerprint density at radius 1 is 1.27 bits per heavy atom. The van der Waals surface area contributed by atoms with E-state index in [0.717, 1.165) is 11.3 Å². The van der Waals surface area contributed by atoms with E-state index in [4.69, 9.17) is 4.74 Å². The molecule has 0 aliphatic carbocycles. The summed E-state index contributed by atoms with van der Waals surface area (Å²) in [6.07, 6.45) is -0.584. The minimum atomic E-state index is -0.584. The number of amides is 2. The molecule has 0 saturated carbocycles. The molecule has 0 aliphatic heterocycles. The van der Waals surface area contributed by atoms with Crippen molar-refractivity contribution in [2.45, 2.75) is 46.8 Å². The van der Waals surface area contributed by atoms with Gasteiger partial charge in [-0.3, -0.25) is 0 Å². The molecule has 5 heteroatoms. The van der Waals surface area contributed by atoms with Crippen LogP contribution in [0.2, 0.25) is 0 Å². The number of nitrogens with one attached hydrogen (secondary N) is 2. The Labute approximate surface area is 133 Å². The number of carbonyl (C=O) groups excluding carboxylic acids is 1. The van der Waals surface area contributed by atoms with Gasteiger partial charge in [0, 0.05) is 6.54 Å². The van der Waals surface area contributed by atoms with Gasteiger partial charge < -0.3 is 20.5 Å². The highest BCUT2D eigenvalue weighted by molar-refractivity contribution is 5.74. The van der Waals surface area contributed by atoms with Crippen molar-refractivity contribution in [3.05, 3.63) is 29.8 Å². The van der Waals surface area contributed by atoms with Gasteiger partial charge in [0.2, 0.25) is 0 Å². The number of aliphatic hydroxyl groups excluding tert-OH is 1. The van der Waals surface area contributed by atoms with Crippen molar-refractivity contribution in [1.82, 2.24) is 10.6 Å². The lowest BCUT2D eigenvalue weighted by molar-refractivity contribution is 0.0649. The minimum absolute atomic E-state index is 0.123. The summed E-state index contributed by atoms with van der Waals surface area (Å²) in [5.74, 6) is 0.816. The van der Waals surface area contributed by atoms with Crippen LogP contribution in [0.15, 0.2) is 24.3 Å². The quantitative estimate of drug-likeness (QED) is 0.757. The molecule has 2 amide bonds. The Morgan fingerprint density at radius 2 is 1.86 bits per heavy atom. The molecule has 0 spiro atoms. The smallest absolute Gasteiger partial charge is 0.315 e. The van der Waals surface area contributed by atoms with Gasteiger partial charge in [0.15, 0.2) is 0 Å². The monoisotopic (exact) mass is 308 g/mol. The van der Waals surface area contributed by atoms with Crippen molar-refractivity contribution >= 4 is 6.03 Å². The Morgan fingerprint density at radius 3 is 2.36 bits per heavy atom. The Bertz CT molecular complexity index is 466. The highest BCUT2D eigenvalue weighted by atomic mass is 16.5. The second-order valence-electron chi connectivity index (χ2n) is 6.46. The number of hydrogen-bond acceptors (Lipinski definition) is 3. The summed E-state index contributed by atoms with van der Waals surface area (Å²) in [6, 6.07) is 7.23. The second-order valence-corrected chi connectivity index (χ2v) is 6.46. The maximum absolute atomic E-state index is 11.9. The number of aliphatic hydroxyl groups is 1. The Hall–Kier alpha value is -1.75. The number of hydrogen-bond donors (Lipinski definition) is 3. The van der Waals surface area contributed by atoms with Gasteiger partial charge in [0.1, 0.15) is 5.75 Å². The van der Waals surface area contributed by atoms with E-state index >= 15 is 0 Å². The lowest BCUT2D eigenvalue weighted by Gasteiger charge is -2.26. The maximum atomic E-state index is 11.9. The summed E-state index contributed by atoms with van der Waals surface area (Å²) in [7, 11) is 0. The van der Waals surface area contributed by atoms with Crippen LogP contribution in [-0.2, 0) is 0 Å². The van der Waals surface area contributed by atoms with Gasteiger partial charge in [0.25, 0.3) is 0 Å². The number of urea groups is 1. The fraction of sp³-hybridized carbons (Fsp3) is 0.588. The number of ether oxygens (including phenoxy) is 1. The van der Waals surface area contributed by atoms with E-state index in [1.54, 1.807) is 0 Å². The summed E-state index contributed by atoms with van der Waals surface area (Å²) < 4.78 is 5.39. The van der Waals surface area contributed by atoms with Crippen LogP contribution in [0.3, 0.4) is 0 Å². The van der Waals surface area contributed by atoms with Crippen molar-refractivity contribution in [2.24, 2.45) is 5.41 Å². The van der Waals surface area contributed by atoms with E-state index < -0.39 is 6.10 Å². The molecule has 3 N–H and O–H groups in total. The molecule has 1 aromatic carbocycles. The van der Waals surface area contributed by atoms with E-state index in [0.29, 0.717) is 6.61 Å². The third-order valence-corrected chi connectivity index (χ3v) is 3.49. The molecule has 2 atom stereocenters. The average Bonchev–Trinajstić information content (AvgIpc) is 2.44. The molecule has 124 valence electrons. The van der Waals surface area contributed by atoms with Crippen LogP contribution in [0.1, 0.15) is 46.2 Å². The van der Waals surface area contributed by atoms with Crippen molar-refractivity contribution in [2.75, 3.05) is 13.2 Å². The molecule has 22 heavy (non-hydrogen) atoms. The molecule has 0 saturated heterocycles. The molecule has 0 radical (unpaired) electrons. The summed E-state index contributed by atoms with van der Waals surface area (Å²) >= 11 is 0. The van der Waals surface area contributed by atoms with Crippen molar-refractivity contribution < 1.29 is 14.6 Å². The molecule has 2 unspecified atom stereocenters. The third kappa shape index (κ3) is 5.93. The fourth-order valence-electron chi connectivity index (χ4n) is 1.85. The van der Waals surface area contributed by atoms with E-state index in [-0.39, 0.29) is 24.0 Å². The van der Waals surface area contributed by atoms with Gasteiger partial charge in [-0.15, -0.1) is 0 Å². The standard InChI is InChI=1S/C17H28N2O3/c1-6-22-14-9-7-13(8-10-14)12(2)19-16(21)18-11-15(20)17(3,4)5/h7-10,12,15,20H,6,11H2,1-5H3,(H2,18,19,21). The molecular weight excluding hydrogens is 280 g/mol. The predicted molar refractivity (Wildman–Crippen MR) is 88.0 cm³/mol. The first-order chi connectivity index (χ1) is 10.2. The summed E-state index contributed by atoms with van der Waals surface area (Å²) in [5, 5.41) is 15.5. The second kappa shape index (κ2) is 8.03. The van der Waals surface area contributed by atoms with Crippen LogP contribution in [0.25, 0.3) is 0 Å². The summed E-state index contributed by atoms with van der Waals surface area (Å²) in [4.78, 5) is 11.9. The van der Waals surface area contributed by atoms with Crippen LogP contribution >= 0.6 is 0 Å². The van der Waals surface area contributed by atoms with Crippen LogP contribution < -0.4 is 15.4 Å². The van der Waals surface area contributed by atoms with Gasteiger partial charge in [0.05, 0.1) is 18.8 Å². The van der Waals surface area contributed by atoms with Gasteiger partial charge in [-0.25, -0.2) is 4.79 Å². The first kappa shape index (κ1) is 18.3. The predicted octanol–water partition coefficient (Wildman–Crippen LogP) is 2.85. The van der Waals surface area contributed by atoms with Crippen LogP contribution in [-0.4, -0.2) is 30.4 Å². The first-order valence-corrected chi connectivity index (χ1v) is 7.69. The third-order valence-electron chi connectivity index (χ3n) is 3.49. The lowest BCUT2D eigenvalue weighted by atomic mass is 9.89. The fourth-order valence-corrected chi connectivity index (χ4v) is 1.85. The highest BCUT2D eigenvalue weighted by Gasteiger charge is 2.22. The molecular formula is C17H28N2O3. The molecule has 0 heterocycles. The Balaban J connectivity index is 2.46. The zero-order valence-electron chi connectivity index (χ0n) is 14.1. The topological polar surface area (TPSA) is 70.6 Å². The normalized spacial score (nSPS) is 14.1. The Kier molecular flexibility index (Phi) is 6.68. The average molecular weight is 308 g/mol. The van der Waals surface area contributed by atoms with Crippen molar-refractivity contribution in [3.8, 4) is 5.75 Å². The van der Waals surface area contributed by atoms with Gasteiger partial charge >= 0.3 is 6.03 Å². The highest BCUT2D eigenvalue weighted by Crippen LogP contribution is 2.19. The molecule has 1 aromatic rings. The van der Waals surface area contributed by atoms with E-state index in [1.165, 1.54) is 0 Å². The molecule has 0 aromatic heterocycles. The SMILES string of the molecule is CCOc1ccc(C(C)NC(=O)NCC(O)C(C)(C)C)cc1. The van der Waals surface area contributed by atoms with Crippen LogP contribution in [0, 0.1) is 5.41 Å². The zero-order chi connectivity index (χ0) is 16.8. The number of benzene rings is 1. The number of rotatable bonds is 6. The van der Waals surface area contributed by atoms with Gasteiger partial charge in [-0.05, 0) is 37.0 Å². The van der Waals surface area contributed by atoms with E-state index in [1.807, 2.05) is 58.9 Å². The summed E-state index contributed by atoms with van der Waals surface area (Å²) in [6.45, 7) is 10.5. The van der Waals surface area contributed by atoms with Crippen molar-refractivity contribution in [1.29, 1.82) is 0 Å². The van der Waals surface area contributed by atoms with E-state index in [9.17, 15) is 9.90 Å². The van der Waals surface area contributed by atoms with Crippen molar-refractivity contribution in [3.63, 3.8) is 0 Å². The van der Waals surface area contributed by atoms with Gasteiger partial charge in [-0.1, -0.05) is 32.9 Å². The molecule has 5 nitrogen and oxygen atoms in total. The molecule has 1 rings (SSSR count). The first-order valence-electron chi connectivity index (χ1n) is 7.69. The molecule has 0 aliphatic rings. The van der Waals surface area contributed by atoms with Crippen LogP contribution in [0.4, 0.5) is 4.79 Å². The van der Waals surface area contributed by atoms with E-state index in [2.05, 4.69) is 10.6 Å². The molecule has 0 fully saturated rings.